The molecule has 0 radical (unpaired) electrons. The number of rotatable bonds is 2. The number of phenols is 1. The summed E-state index contributed by atoms with van der Waals surface area (Å²) in [5, 5.41) is 12.1. The summed E-state index contributed by atoms with van der Waals surface area (Å²) in [5.74, 6) is 0.592. The Hall–Kier alpha value is -1.71. The molecule has 1 saturated carbocycles. The minimum atomic E-state index is -0.465. The van der Waals surface area contributed by atoms with Crippen LogP contribution in [-0.4, -0.2) is 22.8 Å². The van der Waals surface area contributed by atoms with Crippen molar-refractivity contribution in [2.24, 2.45) is 0 Å². The number of aromatic hydroxyl groups is 1. The van der Waals surface area contributed by atoms with Gasteiger partial charge in [0.25, 0.3) is 0 Å². The SMILES string of the molecule is CC(C)(C)OC(=O)N[C@H]1CC1c1ccc(O)cc1. The van der Waals surface area contributed by atoms with Crippen LogP contribution in [0.1, 0.15) is 38.7 Å². The van der Waals surface area contributed by atoms with Gasteiger partial charge in [0.15, 0.2) is 0 Å². The Balaban J connectivity index is 1.85. The Bertz CT molecular complexity index is 433. The molecule has 0 spiro atoms. The Morgan fingerprint density at radius 3 is 2.50 bits per heavy atom. The van der Waals surface area contributed by atoms with Gasteiger partial charge in [-0.3, -0.25) is 0 Å². The fraction of sp³-hybridized carbons (Fsp3) is 0.500. The lowest BCUT2D eigenvalue weighted by Crippen LogP contribution is -2.34. The molecule has 2 atom stereocenters. The second kappa shape index (κ2) is 4.52. The normalized spacial score (nSPS) is 22.4. The largest absolute Gasteiger partial charge is 0.508 e. The first kappa shape index (κ1) is 12.7. The van der Waals surface area contributed by atoms with E-state index >= 15 is 0 Å². The summed E-state index contributed by atoms with van der Waals surface area (Å²) in [5.41, 5.74) is 0.668. The zero-order valence-electron chi connectivity index (χ0n) is 10.9. The lowest BCUT2D eigenvalue weighted by molar-refractivity contribution is 0.0523. The monoisotopic (exact) mass is 249 g/mol. The van der Waals surface area contributed by atoms with Crippen LogP contribution in [0.3, 0.4) is 0 Å². The van der Waals surface area contributed by atoms with Crippen molar-refractivity contribution in [1.82, 2.24) is 5.32 Å². The van der Waals surface area contributed by atoms with Crippen molar-refractivity contribution < 1.29 is 14.6 Å². The topological polar surface area (TPSA) is 58.6 Å². The molecule has 0 bridgehead atoms. The van der Waals surface area contributed by atoms with Crippen molar-refractivity contribution in [3.63, 3.8) is 0 Å². The molecule has 98 valence electrons. The first-order chi connectivity index (χ1) is 8.35. The summed E-state index contributed by atoms with van der Waals surface area (Å²) in [4.78, 5) is 11.6. The number of carbonyl (C=O) groups excluding carboxylic acids is 1. The van der Waals surface area contributed by atoms with Crippen LogP contribution in [-0.2, 0) is 4.74 Å². The summed E-state index contributed by atoms with van der Waals surface area (Å²) in [6.45, 7) is 5.53. The lowest BCUT2D eigenvalue weighted by Gasteiger charge is -2.19. The van der Waals surface area contributed by atoms with E-state index in [0.29, 0.717) is 5.92 Å². The molecule has 0 aromatic heterocycles. The number of benzene rings is 1. The van der Waals surface area contributed by atoms with Gasteiger partial charge in [-0.05, 0) is 44.9 Å². The molecule has 4 nitrogen and oxygen atoms in total. The molecule has 2 N–H and O–H groups in total. The summed E-state index contributed by atoms with van der Waals surface area (Å²) in [6.07, 6.45) is 0.554. The van der Waals surface area contributed by atoms with E-state index in [4.69, 9.17) is 4.74 Å². The van der Waals surface area contributed by atoms with Crippen molar-refractivity contribution in [2.75, 3.05) is 0 Å². The molecule has 0 saturated heterocycles. The molecule has 1 aliphatic rings. The average molecular weight is 249 g/mol. The van der Waals surface area contributed by atoms with Crippen LogP contribution in [0.4, 0.5) is 4.79 Å². The maximum Gasteiger partial charge on any atom is 0.407 e. The highest BCUT2D eigenvalue weighted by atomic mass is 16.6. The fourth-order valence-electron chi connectivity index (χ4n) is 1.90. The molecule has 1 aromatic carbocycles. The zero-order valence-corrected chi connectivity index (χ0v) is 10.9. The van der Waals surface area contributed by atoms with Gasteiger partial charge in [-0.1, -0.05) is 12.1 Å². The third-order valence-corrected chi connectivity index (χ3v) is 2.81. The summed E-state index contributed by atoms with van der Waals surface area (Å²) in [6, 6.07) is 7.24. The van der Waals surface area contributed by atoms with Gasteiger partial charge in [0.1, 0.15) is 11.4 Å². The third-order valence-electron chi connectivity index (χ3n) is 2.81. The zero-order chi connectivity index (χ0) is 13.3. The quantitative estimate of drug-likeness (QED) is 0.847. The minimum Gasteiger partial charge on any atom is -0.508 e. The van der Waals surface area contributed by atoms with E-state index in [-0.39, 0.29) is 17.9 Å². The van der Waals surface area contributed by atoms with E-state index in [1.165, 1.54) is 0 Å². The molecule has 0 heterocycles. The van der Waals surface area contributed by atoms with E-state index in [0.717, 1.165) is 12.0 Å². The molecule has 0 aliphatic heterocycles. The van der Waals surface area contributed by atoms with Gasteiger partial charge in [-0.15, -0.1) is 0 Å². The second-order valence-corrected chi connectivity index (χ2v) is 5.69. The maximum atomic E-state index is 11.6. The maximum absolute atomic E-state index is 11.6. The van der Waals surface area contributed by atoms with E-state index in [1.807, 2.05) is 32.9 Å². The second-order valence-electron chi connectivity index (χ2n) is 5.69. The Morgan fingerprint density at radius 1 is 1.33 bits per heavy atom. The highest BCUT2D eigenvalue weighted by Crippen LogP contribution is 2.41. The Kier molecular flexibility index (Phi) is 3.20. The molecule has 2 rings (SSSR count). The van der Waals surface area contributed by atoms with Crippen LogP contribution in [0.2, 0.25) is 0 Å². The van der Waals surface area contributed by atoms with Gasteiger partial charge in [-0.25, -0.2) is 4.79 Å². The molecular formula is C14H19NO3. The number of carbonyl (C=O) groups is 1. The molecular weight excluding hydrogens is 230 g/mol. The summed E-state index contributed by atoms with van der Waals surface area (Å²) < 4.78 is 5.20. The summed E-state index contributed by atoms with van der Waals surface area (Å²) in [7, 11) is 0. The predicted molar refractivity (Wildman–Crippen MR) is 68.6 cm³/mol. The minimum absolute atomic E-state index is 0.143. The number of alkyl carbamates (subject to hydrolysis) is 1. The smallest absolute Gasteiger partial charge is 0.407 e. The summed E-state index contributed by atoms with van der Waals surface area (Å²) >= 11 is 0. The van der Waals surface area contributed by atoms with Crippen LogP contribution < -0.4 is 5.32 Å². The number of hydrogen-bond donors (Lipinski definition) is 2. The van der Waals surface area contributed by atoms with E-state index in [2.05, 4.69) is 5.32 Å². The number of hydrogen-bond acceptors (Lipinski definition) is 3. The van der Waals surface area contributed by atoms with E-state index in [9.17, 15) is 9.90 Å². The van der Waals surface area contributed by atoms with Gasteiger partial charge in [0, 0.05) is 12.0 Å². The van der Waals surface area contributed by atoms with E-state index in [1.54, 1.807) is 12.1 Å². The van der Waals surface area contributed by atoms with Gasteiger partial charge < -0.3 is 15.2 Å². The van der Waals surface area contributed by atoms with Crippen molar-refractivity contribution in [3.8, 4) is 5.75 Å². The first-order valence-corrected chi connectivity index (χ1v) is 6.13. The van der Waals surface area contributed by atoms with Crippen LogP contribution in [0.5, 0.6) is 5.75 Å². The molecule has 1 aliphatic carbocycles. The van der Waals surface area contributed by atoms with Crippen LogP contribution in [0, 0.1) is 0 Å². The van der Waals surface area contributed by atoms with Gasteiger partial charge >= 0.3 is 6.09 Å². The number of nitrogens with one attached hydrogen (secondary N) is 1. The molecule has 1 amide bonds. The van der Waals surface area contributed by atoms with Gasteiger partial charge in [-0.2, -0.15) is 0 Å². The molecule has 18 heavy (non-hydrogen) atoms. The van der Waals surface area contributed by atoms with Crippen LogP contribution in [0.15, 0.2) is 24.3 Å². The average Bonchev–Trinajstić information content (AvgIpc) is 2.95. The number of phenolic OH excluding ortho intramolecular Hbond substituents is 1. The van der Waals surface area contributed by atoms with Crippen molar-refractivity contribution in [1.29, 1.82) is 0 Å². The van der Waals surface area contributed by atoms with Crippen molar-refractivity contribution in [2.45, 2.75) is 44.8 Å². The van der Waals surface area contributed by atoms with Gasteiger partial charge in [0.2, 0.25) is 0 Å². The third kappa shape index (κ3) is 3.39. The molecule has 1 unspecified atom stereocenters. The van der Waals surface area contributed by atoms with Gasteiger partial charge in [0.05, 0.1) is 0 Å². The Morgan fingerprint density at radius 2 is 1.94 bits per heavy atom. The van der Waals surface area contributed by atoms with E-state index < -0.39 is 5.60 Å². The standard InChI is InChI=1S/C14H19NO3/c1-14(2,3)18-13(17)15-12-8-11(12)9-4-6-10(16)7-5-9/h4-7,11-12,16H,8H2,1-3H3,(H,15,17)/t11?,12-/m0/s1. The highest BCUT2D eigenvalue weighted by Gasteiger charge is 2.40. The Labute approximate surface area is 107 Å². The van der Waals surface area contributed by atoms with Crippen LogP contribution >= 0.6 is 0 Å². The molecule has 1 aromatic rings. The number of amides is 1. The van der Waals surface area contributed by atoms with Crippen LogP contribution in [0.25, 0.3) is 0 Å². The molecule has 1 fully saturated rings. The predicted octanol–water partition coefficient (Wildman–Crippen LogP) is 2.77. The fourth-order valence-corrected chi connectivity index (χ4v) is 1.90. The first-order valence-electron chi connectivity index (χ1n) is 6.13. The highest BCUT2D eigenvalue weighted by molar-refractivity contribution is 5.69. The van der Waals surface area contributed by atoms with Crippen molar-refractivity contribution in [3.05, 3.63) is 29.8 Å². The van der Waals surface area contributed by atoms with Crippen molar-refractivity contribution >= 4 is 6.09 Å². The lowest BCUT2D eigenvalue weighted by atomic mass is 10.1. The number of ether oxygens (including phenoxy) is 1. The molecule has 4 heteroatoms.